The van der Waals surface area contributed by atoms with E-state index in [0.717, 1.165) is 66.5 Å². The highest BCUT2D eigenvalue weighted by molar-refractivity contribution is 7.82. The fourth-order valence-corrected chi connectivity index (χ4v) is 4.62. The Hall–Kier alpha value is -2.29. The van der Waals surface area contributed by atoms with Crippen LogP contribution in [-0.2, 0) is 42.3 Å². The number of hydrogen-bond donors (Lipinski definition) is 4. The zero-order chi connectivity index (χ0) is 22.1. The summed E-state index contributed by atoms with van der Waals surface area (Å²) in [5.74, 6) is -0.0278. The first-order valence-electron chi connectivity index (χ1n) is 10.00. The minimum atomic E-state index is -1.49. The average molecular weight is 434 g/mol. The van der Waals surface area contributed by atoms with Crippen LogP contribution in [0.2, 0.25) is 0 Å². The molecule has 162 valence electrons. The van der Waals surface area contributed by atoms with E-state index < -0.39 is 22.6 Å². The summed E-state index contributed by atoms with van der Waals surface area (Å²) in [5, 5.41) is 17.6. The third-order valence-corrected chi connectivity index (χ3v) is 6.31. The molecule has 0 fully saturated rings. The molecule has 2 aromatic rings. The maximum atomic E-state index is 14.2. The molecule has 0 bridgehead atoms. The standard InChI is InChI=1S/C13H15FN2O.C9H13NO2S/c14-11-7-3-1-5-9(7)12(16-13(15)17)10-6-2-4-8(10)11;1-9(2,11)7-4-3-5-8(6-7)13(10)12/h1-6H2,(H3,15,16,17);3-6,11H,10H2,1-2H3. The van der Waals surface area contributed by atoms with Crippen molar-refractivity contribution in [3.8, 4) is 0 Å². The Kier molecular flexibility index (Phi) is 6.59. The van der Waals surface area contributed by atoms with E-state index in [9.17, 15) is 18.5 Å². The minimum absolute atomic E-state index is 0.0278. The molecular weight excluding hydrogens is 405 g/mol. The normalized spacial score (nSPS) is 15.6. The number of nitrogens with one attached hydrogen (secondary N) is 1. The van der Waals surface area contributed by atoms with Gasteiger partial charge >= 0.3 is 6.03 Å². The van der Waals surface area contributed by atoms with Gasteiger partial charge in [0.25, 0.3) is 0 Å². The van der Waals surface area contributed by atoms with Gasteiger partial charge in [0.15, 0.2) is 0 Å². The zero-order valence-electron chi connectivity index (χ0n) is 17.3. The van der Waals surface area contributed by atoms with Gasteiger partial charge in [-0.1, -0.05) is 12.1 Å². The van der Waals surface area contributed by atoms with Crippen molar-refractivity contribution in [2.75, 3.05) is 5.32 Å². The molecule has 30 heavy (non-hydrogen) atoms. The molecule has 2 aromatic carbocycles. The summed E-state index contributed by atoms with van der Waals surface area (Å²) in [5.41, 5.74) is 9.35. The lowest BCUT2D eigenvalue weighted by Gasteiger charge is -2.17. The number of carbonyl (C=O) groups excluding carboxylic acids is 1. The number of halogens is 1. The molecule has 2 aliphatic carbocycles. The first kappa shape index (κ1) is 22.4. The van der Waals surface area contributed by atoms with E-state index in [0.29, 0.717) is 10.5 Å². The van der Waals surface area contributed by atoms with Crippen LogP contribution in [0.5, 0.6) is 0 Å². The van der Waals surface area contributed by atoms with Crippen molar-refractivity contribution >= 4 is 22.7 Å². The Bertz CT molecular complexity index is 967. The summed E-state index contributed by atoms with van der Waals surface area (Å²) in [6.07, 6.45) is 5.17. The molecule has 0 saturated heterocycles. The van der Waals surface area contributed by atoms with Crippen LogP contribution in [0.15, 0.2) is 29.2 Å². The molecule has 1 atom stereocenters. The van der Waals surface area contributed by atoms with Gasteiger partial charge < -0.3 is 16.2 Å². The van der Waals surface area contributed by atoms with E-state index in [1.165, 1.54) is 0 Å². The van der Waals surface area contributed by atoms with Gasteiger partial charge in [0.1, 0.15) is 16.8 Å². The fourth-order valence-electron chi connectivity index (χ4n) is 4.16. The molecule has 0 aliphatic heterocycles. The summed E-state index contributed by atoms with van der Waals surface area (Å²) >= 11 is 0. The molecule has 2 aliphatic rings. The third-order valence-electron chi connectivity index (χ3n) is 5.59. The summed E-state index contributed by atoms with van der Waals surface area (Å²) in [6.45, 7) is 3.34. The Morgan fingerprint density at radius 2 is 1.63 bits per heavy atom. The zero-order valence-corrected chi connectivity index (χ0v) is 18.1. The van der Waals surface area contributed by atoms with E-state index in [2.05, 4.69) is 5.32 Å². The van der Waals surface area contributed by atoms with Crippen LogP contribution in [-0.4, -0.2) is 15.3 Å². The molecule has 6 nitrogen and oxygen atoms in total. The van der Waals surface area contributed by atoms with Crippen LogP contribution in [0.4, 0.5) is 14.9 Å². The maximum Gasteiger partial charge on any atom is 0.316 e. The highest BCUT2D eigenvalue weighted by Crippen LogP contribution is 2.40. The number of nitrogens with two attached hydrogens (primary N) is 2. The van der Waals surface area contributed by atoms with Crippen LogP contribution in [0, 0.1) is 5.82 Å². The first-order chi connectivity index (χ1) is 14.1. The molecule has 4 rings (SSSR count). The van der Waals surface area contributed by atoms with Crippen LogP contribution in [0.3, 0.4) is 0 Å². The van der Waals surface area contributed by atoms with E-state index in [1.54, 1.807) is 38.1 Å². The second-order valence-corrected chi connectivity index (χ2v) is 9.25. The topological polar surface area (TPSA) is 118 Å². The molecular formula is C22H28FN3O3S. The summed E-state index contributed by atoms with van der Waals surface area (Å²) in [6, 6.07) is 6.27. The number of urea groups is 1. The summed E-state index contributed by atoms with van der Waals surface area (Å²) < 4.78 is 25.2. The van der Waals surface area contributed by atoms with Crippen molar-refractivity contribution in [3.05, 3.63) is 57.9 Å². The Morgan fingerprint density at radius 1 is 1.10 bits per heavy atom. The fraction of sp³-hybridized carbons (Fsp3) is 0.409. The minimum Gasteiger partial charge on any atom is -0.386 e. The summed E-state index contributed by atoms with van der Waals surface area (Å²) in [4.78, 5) is 11.6. The second-order valence-electron chi connectivity index (χ2n) is 8.18. The van der Waals surface area contributed by atoms with Crippen molar-refractivity contribution < 1.29 is 18.5 Å². The van der Waals surface area contributed by atoms with Crippen molar-refractivity contribution in [2.24, 2.45) is 10.9 Å². The predicted octanol–water partition coefficient (Wildman–Crippen LogP) is 3.19. The lowest BCUT2D eigenvalue weighted by molar-refractivity contribution is 0.0784. The van der Waals surface area contributed by atoms with Crippen molar-refractivity contribution in [2.45, 2.75) is 62.9 Å². The number of aliphatic hydroxyl groups is 1. The van der Waals surface area contributed by atoms with Crippen molar-refractivity contribution in [3.63, 3.8) is 0 Å². The van der Waals surface area contributed by atoms with E-state index in [-0.39, 0.29) is 5.82 Å². The van der Waals surface area contributed by atoms with Crippen LogP contribution in [0.1, 0.15) is 54.5 Å². The quantitative estimate of drug-likeness (QED) is 0.595. The van der Waals surface area contributed by atoms with Crippen LogP contribution in [0.25, 0.3) is 0 Å². The van der Waals surface area contributed by atoms with Gasteiger partial charge in [-0.15, -0.1) is 0 Å². The first-order valence-corrected chi connectivity index (χ1v) is 11.2. The average Bonchev–Trinajstić information content (AvgIpc) is 3.35. The smallest absolute Gasteiger partial charge is 0.316 e. The predicted molar refractivity (Wildman–Crippen MR) is 116 cm³/mol. The van der Waals surface area contributed by atoms with Gasteiger partial charge in [0.05, 0.1) is 10.5 Å². The van der Waals surface area contributed by atoms with Gasteiger partial charge in [-0.3, -0.25) is 0 Å². The number of fused-ring (bicyclic) bond motifs is 2. The number of carbonyl (C=O) groups is 1. The second kappa shape index (κ2) is 8.83. The van der Waals surface area contributed by atoms with E-state index in [1.807, 2.05) is 0 Å². The van der Waals surface area contributed by atoms with Gasteiger partial charge in [-0.25, -0.2) is 18.5 Å². The highest BCUT2D eigenvalue weighted by atomic mass is 32.2. The number of rotatable bonds is 3. The largest absolute Gasteiger partial charge is 0.386 e. The van der Waals surface area contributed by atoms with E-state index >= 15 is 0 Å². The molecule has 0 heterocycles. The van der Waals surface area contributed by atoms with Crippen LogP contribution < -0.4 is 16.2 Å². The molecule has 1 unspecified atom stereocenters. The molecule has 8 heteroatoms. The third kappa shape index (κ3) is 4.71. The Morgan fingerprint density at radius 3 is 2.10 bits per heavy atom. The van der Waals surface area contributed by atoms with E-state index in [4.69, 9.17) is 10.9 Å². The molecule has 6 N–H and O–H groups in total. The number of amides is 2. The molecule has 0 saturated carbocycles. The highest BCUT2D eigenvalue weighted by Gasteiger charge is 2.29. The number of anilines is 1. The van der Waals surface area contributed by atoms with Gasteiger partial charge in [-0.2, -0.15) is 0 Å². The molecule has 0 radical (unpaired) electrons. The Balaban J connectivity index is 0.000000178. The monoisotopic (exact) mass is 433 g/mol. The number of primary amides is 1. The maximum absolute atomic E-state index is 14.2. The lowest BCUT2D eigenvalue weighted by atomic mass is 9.98. The van der Waals surface area contributed by atoms with Crippen molar-refractivity contribution in [1.82, 2.24) is 0 Å². The van der Waals surface area contributed by atoms with Gasteiger partial charge in [0, 0.05) is 5.69 Å². The number of hydrogen-bond acceptors (Lipinski definition) is 3. The van der Waals surface area contributed by atoms with Crippen molar-refractivity contribution in [1.29, 1.82) is 0 Å². The molecule has 0 spiro atoms. The number of benzene rings is 2. The Labute approximate surface area is 178 Å². The molecule has 2 amide bonds. The molecule has 0 aromatic heterocycles. The van der Waals surface area contributed by atoms with Gasteiger partial charge in [-0.05, 0) is 92.3 Å². The summed E-state index contributed by atoms with van der Waals surface area (Å²) in [7, 11) is -1.49. The van der Waals surface area contributed by atoms with Gasteiger partial charge in [0.2, 0.25) is 0 Å². The van der Waals surface area contributed by atoms with Crippen LogP contribution >= 0.6 is 0 Å². The lowest BCUT2D eigenvalue weighted by Crippen LogP contribution is -2.21. The SMILES string of the molecule is CC(C)(O)c1cccc(S(N)=O)c1.NC(=O)Nc1c2c(c(F)c3c1CCC3)CCC2.